The maximum absolute atomic E-state index is 4.66. The van der Waals surface area contributed by atoms with Crippen molar-refractivity contribution in [2.24, 2.45) is 0 Å². The van der Waals surface area contributed by atoms with Crippen molar-refractivity contribution in [1.29, 1.82) is 0 Å². The normalized spacial score (nSPS) is 16.1. The second-order valence-corrected chi connectivity index (χ2v) is 4.82. The number of piperazine rings is 1. The Balaban J connectivity index is 1.83. The Bertz CT molecular complexity index is 476. The predicted molar refractivity (Wildman–Crippen MR) is 70.4 cm³/mol. The fraction of sp³-hybridized carbons (Fsp3) is 0.333. The van der Waals surface area contributed by atoms with Gasteiger partial charge in [0.2, 0.25) is 0 Å². The summed E-state index contributed by atoms with van der Waals surface area (Å²) in [4.78, 5) is 11.3. The van der Waals surface area contributed by atoms with Crippen LogP contribution < -0.4 is 10.2 Å². The number of nitrogens with one attached hydrogen (secondary N) is 1. The van der Waals surface area contributed by atoms with E-state index in [1.54, 1.807) is 17.5 Å². The van der Waals surface area contributed by atoms with Crippen LogP contribution in [-0.4, -0.2) is 36.1 Å². The Morgan fingerprint density at radius 2 is 2.12 bits per heavy atom. The van der Waals surface area contributed by atoms with E-state index in [0.29, 0.717) is 0 Å². The van der Waals surface area contributed by atoms with E-state index in [1.807, 2.05) is 18.2 Å². The molecule has 5 heteroatoms. The third-order valence-corrected chi connectivity index (χ3v) is 3.67. The quantitative estimate of drug-likeness (QED) is 0.874. The molecule has 0 spiro atoms. The van der Waals surface area contributed by atoms with Gasteiger partial charge in [0.25, 0.3) is 0 Å². The maximum atomic E-state index is 4.66. The van der Waals surface area contributed by atoms with Gasteiger partial charge in [0.1, 0.15) is 10.8 Å². The number of pyridine rings is 1. The highest BCUT2D eigenvalue weighted by Crippen LogP contribution is 2.26. The van der Waals surface area contributed by atoms with E-state index >= 15 is 0 Å². The molecule has 3 rings (SSSR count). The van der Waals surface area contributed by atoms with Crippen LogP contribution in [0.25, 0.3) is 10.7 Å². The van der Waals surface area contributed by atoms with Crippen LogP contribution in [-0.2, 0) is 0 Å². The van der Waals surface area contributed by atoms with Gasteiger partial charge in [0, 0.05) is 37.8 Å². The second-order valence-electron chi connectivity index (χ2n) is 3.96. The van der Waals surface area contributed by atoms with Crippen molar-refractivity contribution >= 4 is 17.2 Å². The summed E-state index contributed by atoms with van der Waals surface area (Å²) in [5.41, 5.74) is 0.957. The first-order chi connectivity index (χ1) is 8.43. The molecule has 0 saturated carbocycles. The van der Waals surface area contributed by atoms with E-state index in [2.05, 4.69) is 25.6 Å². The Morgan fingerprint density at radius 1 is 1.24 bits per heavy atom. The highest BCUT2D eigenvalue weighted by molar-refractivity contribution is 7.13. The maximum Gasteiger partial charge on any atom is 0.144 e. The monoisotopic (exact) mass is 246 g/mol. The molecule has 17 heavy (non-hydrogen) atoms. The predicted octanol–water partition coefficient (Wildman–Crippen LogP) is 1.61. The number of rotatable bonds is 2. The molecular weight excluding hydrogens is 232 g/mol. The van der Waals surface area contributed by atoms with Gasteiger partial charge in [-0.1, -0.05) is 6.07 Å². The molecule has 4 nitrogen and oxygen atoms in total. The molecule has 1 fully saturated rings. The minimum atomic E-state index is 0.957. The summed E-state index contributed by atoms with van der Waals surface area (Å²) in [5, 5.41) is 6.46. The minimum Gasteiger partial charge on any atom is -0.353 e. The van der Waals surface area contributed by atoms with Crippen molar-refractivity contribution in [2.45, 2.75) is 0 Å². The standard InChI is InChI=1S/C12H14N4S/c1-2-4-14-10(3-1)12-15-11(9-17-12)16-7-5-13-6-8-16/h1-4,9,13H,5-8H2. The van der Waals surface area contributed by atoms with Crippen molar-refractivity contribution in [3.05, 3.63) is 29.8 Å². The molecule has 1 aliphatic heterocycles. The zero-order valence-corrected chi connectivity index (χ0v) is 10.3. The Morgan fingerprint density at radius 3 is 2.88 bits per heavy atom. The van der Waals surface area contributed by atoms with E-state index in [1.165, 1.54) is 0 Å². The highest BCUT2D eigenvalue weighted by atomic mass is 32.1. The zero-order chi connectivity index (χ0) is 11.5. The summed E-state index contributed by atoms with van der Waals surface area (Å²) in [5.74, 6) is 1.08. The van der Waals surface area contributed by atoms with Gasteiger partial charge in [-0.05, 0) is 12.1 Å². The Kier molecular flexibility index (Phi) is 3.02. The lowest BCUT2D eigenvalue weighted by Crippen LogP contribution is -2.43. The largest absolute Gasteiger partial charge is 0.353 e. The van der Waals surface area contributed by atoms with Crippen molar-refractivity contribution in [3.8, 4) is 10.7 Å². The molecule has 3 heterocycles. The third kappa shape index (κ3) is 2.30. The van der Waals surface area contributed by atoms with Gasteiger partial charge < -0.3 is 10.2 Å². The van der Waals surface area contributed by atoms with E-state index in [4.69, 9.17) is 0 Å². The van der Waals surface area contributed by atoms with Crippen LogP contribution in [0.15, 0.2) is 29.8 Å². The summed E-state index contributed by atoms with van der Waals surface area (Å²) in [6, 6.07) is 5.92. The first-order valence-corrected chi connectivity index (χ1v) is 6.64. The minimum absolute atomic E-state index is 0.957. The summed E-state index contributed by atoms with van der Waals surface area (Å²) in [6.45, 7) is 4.14. The molecular formula is C12H14N4S. The molecule has 1 aliphatic rings. The molecule has 0 aliphatic carbocycles. The van der Waals surface area contributed by atoms with Crippen LogP contribution in [0.5, 0.6) is 0 Å². The van der Waals surface area contributed by atoms with Crippen LogP contribution in [0.4, 0.5) is 5.82 Å². The lowest BCUT2D eigenvalue weighted by Gasteiger charge is -2.27. The second kappa shape index (κ2) is 4.81. The molecule has 0 aromatic carbocycles. The highest BCUT2D eigenvalue weighted by Gasteiger charge is 2.14. The lowest BCUT2D eigenvalue weighted by molar-refractivity contribution is 0.586. The summed E-state index contributed by atoms with van der Waals surface area (Å²) < 4.78 is 0. The average Bonchev–Trinajstić information content (AvgIpc) is 2.90. The summed E-state index contributed by atoms with van der Waals surface area (Å²) in [6.07, 6.45) is 1.81. The summed E-state index contributed by atoms with van der Waals surface area (Å²) in [7, 11) is 0. The molecule has 2 aromatic rings. The van der Waals surface area contributed by atoms with Crippen LogP contribution in [0.1, 0.15) is 0 Å². The molecule has 0 unspecified atom stereocenters. The number of nitrogens with zero attached hydrogens (tertiary/aromatic N) is 3. The number of hydrogen-bond acceptors (Lipinski definition) is 5. The zero-order valence-electron chi connectivity index (χ0n) is 9.47. The van der Waals surface area contributed by atoms with Crippen LogP contribution >= 0.6 is 11.3 Å². The molecule has 1 N–H and O–H groups in total. The molecule has 1 saturated heterocycles. The van der Waals surface area contributed by atoms with Gasteiger partial charge in [-0.3, -0.25) is 4.98 Å². The van der Waals surface area contributed by atoms with E-state index in [0.717, 1.165) is 42.7 Å². The first kappa shape index (κ1) is 10.7. The smallest absolute Gasteiger partial charge is 0.144 e. The molecule has 2 aromatic heterocycles. The Hall–Kier alpha value is -1.46. The van der Waals surface area contributed by atoms with E-state index < -0.39 is 0 Å². The van der Waals surface area contributed by atoms with Gasteiger partial charge in [-0.25, -0.2) is 4.98 Å². The topological polar surface area (TPSA) is 41.1 Å². The van der Waals surface area contributed by atoms with Gasteiger partial charge >= 0.3 is 0 Å². The van der Waals surface area contributed by atoms with E-state index in [9.17, 15) is 0 Å². The third-order valence-electron chi connectivity index (χ3n) is 2.82. The van der Waals surface area contributed by atoms with Gasteiger partial charge in [-0.15, -0.1) is 11.3 Å². The molecule has 0 amide bonds. The molecule has 0 bridgehead atoms. The van der Waals surface area contributed by atoms with Crippen LogP contribution in [0.3, 0.4) is 0 Å². The number of hydrogen-bond donors (Lipinski definition) is 1. The van der Waals surface area contributed by atoms with E-state index in [-0.39, 0.29) is 0 Å². The van der Waals surface area contributed by atoms with Crippen molar-refractivity contribution < 1.29 is 0 Å². The fourth-order valence-electron chi connectivity index (χ4n) is 1.91. The van der Waals surface area contributed by atoms with Crippen molar-refractivity contribution in [3.63, 3.8) is 0 Å². The Labute approximate surface area is 104 Å². The number of thiazole rings is 1. The average molecular weight is 246 g/mol. The summed E-state index contributed by atoms with van der Waals surface area (Å²) >= 11 is 1.66. The van der Waals surface area contributed by atoms with Crippen LogP contribution in [0, 0.1) is 0 Å². The van der Waals surface area contributed by atoms with Crippen molar-refractivity contribution in [1.82, 2.24) is 15.3 Å². The first-order valence-electron chi connectivity index (χ1n) is 5.76. The van der Waals surface area contributed by atoms with Gasteiger partial charge in [0.05, 0.1) is 5.69 Å². The SMILES string of the molecule is c1ccc(-c2nc(N3CCNCC3)cs2)nc1. The fourth-order valence-corrected chi connectivity index (χ4v) is 2.72. The van der Waals surface area contributed by atoms with Gasteiger partial charge in [0.15, 0.2) is 0 Å². The molecule has 0 radical (unpaired) electrons. The van der Waals surface area contributed by atoms with Crippen molar-refractivity contribution in [2.75, 3.05) is 31.1 Å². The molecule has 0 atom stereocenters. The van der Waals surface area contributed by atoms with Gasteiger partial charge in [-0.2, -0.15) is 0 Å². The number of aromatic nitrogens is 2. The lowest BCUT2D eigenvalue weighted by atomic mass is 10.3. The van der Waals surface area contributed by atoms with Crippen LogP contribution in [0.2, 0.25) is 0 Å². The number of anilines is 1. The molecule has 88 valence electrons.